The first-order valence-corrected chi connectivity index (χ1v) is 7.45. The number of aromatic nitrogens is 1. The molecule has 7 heteroatoms. The summed E-state index contributed by atoms with van der Waals surface area (Å²) in [5.41, 5.74) is 6.77. The van der Waals surface area contributed by atoms with Crippen LogP contribution in [0.25, 0.3) is 0 Å². The van der Waals surface area contributed by atoms with Gasteiger partial charge in [0, 0.05) is 5.69 Å². The Labute approximate surface area is 116 Å². The first kappa shape index (κ1) is 13.6. The number of nitrogens with zero attached hydrogens (tertiary/aromatic N) is 1. The molecule has 0 bridgehead atoms. The molecule has 0 amide bonds. The minimum atomic E-state index is -3.53. The maximum Gasteiger partial charge on any atom is 0.238 e. The highest BCUT2D eigenvalue weighted by Crippen LogP contribution is 2.14. The van der Waals surface area contributed by atoms with Crippen LogP contribution >= 0.6 is 11.6 Å². The number of anilines is 2. The van der Waals surface area contributed by atoms with Crippen molar-refractivity contribution in [3.8, 4) is 0 Å². The van der Waals surface area contributed by atoms with Gasteiger partial charge in [-0.25, -0.2) is 13.4 Å². The Morgan fingerprint density at radius 1 is 1.16 bits per heavy atom. The van der Waals surface area contributed by atoms with Gasteiger partial charge < -0.3 is 5.73 Å². The standard InChI is InChI=1S/C12H12ClN3O2S/c13-11-2-1-3-12(15-11)16-19(17,18)8-9-4-6-10(14)7-5-9/h1-7H,8,14H2,(H,15,16). The number of rotatable bonds is 4. The molecule has 0 aliphatic rings. The molecule has 2 aromatic rings. The highest BCUT2D eigenvalue weighted by molar-refractivity contribution is 7.91. The zero-order chi connectivity index (χ0) is 13.9. The van der Waals surface area contributed by atoms with Crippen LogP contribution in [0.5, 0.6) is 0 Å². The molecule has 0 unspecified atom stereocenters. The van der Waals surface area contributed by atoms with Crippen LogP contribution < -0.4 is 10.5 Å². The molecule has 1 heterocycles. The van der Waals surface area contributed by atoms with Gasteiger partial charge in [-0.1, -0.05) is 29.8 Å². The van der Waals surface area contributed by atoms with Crippen molar-refractivity contribution in [2.75, 3.05) is 10.5 Å². The van der Waals surface area contributed by atoms with Gasteiger partial charge >= 0.3 is 0 Å². The zero-order valence-electron chi connectivity index (χ0n) is 9.88. The summed E-state index contributed by atoms with van der Waals surface area (Å²) in [4.78, 5) is 3.87. The molecule has 100 valence electrons. The van der Waals surface area contributed by atoms with Crippen LogP contribution in [0.1, 0.15) is 5.56 Å². The van der Waals surface area contributed by atoms with Gasteiger partial charge in [0.25, 0.3) is 0 Å². The van der Waals surface area contributed by atoms with Crippen LogP contribution in [0.3, 0.4) is 0 Å². The summed E-state index contributed by atoms with van der Waals surface area (Å²) < 4.78 is 26.2. The van der Waals surface area contributed by atoms with Gasteiger partial charge in [-0.05, 0) is 29.8 Å². The minimum Gasteiger partial charge on any atom is -0.399 e. The molecule has 2 rings (SSSR count). The predicted molar refractivity (Wildman–Crippen MR) is 76.3 cm³/mol. The molecule has 1 aromatic carbocycles. The van der Waals surface area contributed by atoms with E-state index in [2.05, 4.69) is 9.71 Å². The molecule has 1 aromatic heterocycles. The van der Waals surface area contributed by atoms with Crippen LogP contribution in [-0.2, 0) is 15.8 Å². The quantitative estimate of drug-likeness (QED) is 0.669. The lowest BCUT2D eigenvalue weighted by Gasteiger charge is -2.07. The third-order valence-corrected chi connectivity index (χ3v) is 3.76. The van der Waals surface area contributed by atoms with E-state index in [9.17, 15) is 8.42 Å². The van der Waals surface area contributed by atoms with E-state index in [0.29, 0.717) is 11.3 Å². The van der Waals surface area contributed by atoms with Gasteiger partial charge in [-0.15, -0.1) is 0 Å². The molecule has 3 N–H and O–H groups in total. The number of benzene rings is 1. The third kappa shape index (κ3) is 4.11. The Morgan fingerprint density at radius 2 is 1.84 bits per heavy atom. The molecule has 0 atom stereocenters. The number of nitrogens with two attached hydrogens (primary N) is 1. The van der Waals surface area contributed by atoms with Gasteiger partial charge in [-0.3, -0.25) is 4.72 Å². The van der Waals surface area contributed by atoms with Crippen molar-refractivity contribution in [1.82, 2.24) is 4.98 Å². The Balaban J connectivity index is 2.13. The normalized spacial score (nSPS) is 11.2. The van der Waals surface area contributed by atoms with Gasteiger partial charge in [-0.2, -0.15) is 0 Å². The number of nitrogen functional groups attached to an aromatic ring is 1. The van der Waals surface area contributed by atoms with Crippen LogP contribution in [0.15, 0.2) is 42.5 Å². The van der Waals surface area contributed by atoms with Crippen molar-refractivity contribution in [1.29, 1.82) is 0 Å². The summed E-state index contributed by atoms with van der Waals surface area (Å²) >= 11 is 5.69. The van der Waals surface area contributed by atoms with E-state index in [1.807, 2.05) is 0 Å². The molecule has 0 radical (unpaired) electrons. The molecular formula is C12H12ClN3O2S. The van der Waals surface area contributed by atoms with E-state index in [-0.39, 0.29) is 16.7 Å². The van der Waals surface area contributed by atoms with Gasteiger partial charge in [0.15, 0.2) is 0 Å². The van der Waals surface area contributed by atoms with Crippen LogP contribution in [0.2, 0.25) is 5.15 Å². The summed E-state index contributed by atoms with van der Waals surface area (Å²) in [6.45, 7) is 0. The highest BCUT2D eigenvalue weighted by atomic mass is 35.5. The predicted octanol–water partition coefficient (Wildman–Crippen LogP) is 2.26. The molecular weight excluding hydrogens is 286 g/mol. The molecule has 19 heavy (non-hydrogen) atoms. The number of halogens is 1. The van der Waals surface area contributed by atoms with E-state index in [1.165, 1.54) is 6.07 Å². The molecule has 5 nitrogen and oxygen atoms in total. The number of nitrogens with one attached hydrogen (secondary N) is 1. The van der Waals surface area contributed by atoms with Crippen LogP contribution in [0, 0.1) is 0 Å². The Hall–Kier alpha value is -1.79. The molecule has 0 fully saturated rings. The van der Waals surface area contributed by atoms with Crippen molar-refractivity contribution >= 4 is 33.1 Å². The first-order chi connectivity index (χ1) is 8.94. The van der Waals surface area contributed by atoms with E-state index in [4.69, 9.17) is 17.3 Å². The first-order valence-electron chi connectivity index (χ1n) is 5.42. The van der Waals surface area contributed by atoms with Crippen molar-refractivity contribution < 1.29 is 8.42 Å². The number of pyridine rings is 1. The largest absolute Gasteiger partial charge is 0.399 e. The van der Waals surface area contributed by atoms with E-state index >= 15 is 0 Å². The lowest BCUT2D eigenvalue weighted by molar-refractivity contribution is 0.600. The van der Waals surface area contributed by atoms with Gasteiger partial charge in [0.1, 0.15) is 11.0 Å². The van der Waals surface area contributed by atoms with Gasteiger partial charge in [0.2, 0.25) is 10.0 Å². The Morgan fingerprint density at radius 3 is 2.47 bits per heavy atom. The van der Waals surface area contributed by atoms with E-state index < -0.39 is 10.0 Å². The van der Waals surface area contributed by atoms with Gasteiger partial charge in [0.05, 0.1) is 5.75 Å². The molecule has 0 spiro atoms. The second kappa shape index (κ2) is 5.46. The minimum absolute atomic E-state index is 0.151. The maximum atomic E-state index is 11.9. The lowest BCUT2D eigenvalue weighted by atomic mass is 10.2. The summed E-state index contributed by atoms with van der Waals surface area (Å²) in [6, 6.07) is 11.4. The summed E-state index contributed by atoms with van der Waals surface area (Å²) in [7, 11) is -3.53. The number of hydrogen-bond acceptors (Lipinski definition) is 4. The smallest absolute Gasteiger partial charge is 0.238 e. The second-order valence-corrected chi connectivity index (χ2v) is 6.06. The fourth-order valence-corrected chi connectivity index (χ4v) is 2.79. The van der Waals surface area contributed by atoms with Crippen molar-refractivity contribution in [3.05, 3.63) is 53.2 Å². The Bertz CT molecular complexity index is 672. The van der Waals surface area contributed by atoms with Crippen LogP contribution in [-0.4, -0.2) is 13.4 Å². The van der Waals surface area contributed by atoms with Crippen molar-refractivity contribution in [2.24, 2.45) is 0 Å². The number of sulfonamides is 1. The zero-order valence-corrected chi connectivity index (χ0v) is 11.4. The third-order valence-electron chi connectivity index (χ3n) is 2.31. The van der Waals surface area contributed by atoms with E-state index in [1.54, 1.807) is 36.4 Å². The highest BCUT2D eigenvalue weighted by Gasteiger charge is 2.12. The average molecular weight is 298 g/mol. The average Bonchev–Trinajstić information content (AvgIpc) is 2.31. The number of hydrogen-bond donors (Lipinski definition) is 2. The molecule has 0 saturated heterocycles. The SMILES string of the molecule is Nc1ccc(CS(=O)(=O)Nc2cccc(Cl)n2)cc1. The lowest BCUT2D eigenvalue weighted by Crippen LogP contribution is -2.15. The fraction of sp³-hybridized carbons (Fsp3) is 0.0833. The topological polar surface area (TPSA) is 85.1 Å². The summed E-state index contributed by atoms with van der Waals surface area (Å²) in [5.74, 6) is 0.0459. The molecule has 0 aliphatic heterocycles. The van der Waals surface area contributed by atoms with Crippen molar-refractivity contribution in [3.63, 3.8) is 0 Å². The second-order valence-electron chi connectivity index (χ2n) is 3.95. The Kier molecular flexibility index (Phi) is 3.92. The summed E-state index contributed by atoms with van der Waals surface area (Å²) in [5, 5.41) is 0.229. The fourth-order valence-electron chi connectivity index (χ4n) is 1.49. The van der Waals surface area contributed by atoms with Crippen molar-refractivity contribution in [2.45, 2.75) is 5.75 Å². The summed E-state index contributed by atoms with van der Waals surface area (Å²) in [6.07, 6.45) is 0. The molecule has 0 aliphatic carbocycles. The maximum absolute atomic E-state index is 11.9. The molecule has 0 saturated carbocycles. The van der Waals surface area contributed by atoms with Crippen LogP contribution in [0.4, 0.5) is 11.5 Å². The van der Waals surface area contributed by atoms with E-state index in [0.717, 1.165) is 0 Å². The monoisotopic (exact) mass is 297 g/mol.